The predicted octanol–water partition coefficient (Wildman–Crippen LogP) is 2.67. The van der Waals surface area contributed by atoms with Gasteiger partial charge in [-0.2, -0.15) is 0 Å². The Morgan fingerprint density at radius 2 is 1.86 bits per heavy atom. The molecule has 22 heavy (non-hydrogen) atoms. The van der Waals surface area contributed by atoms with Gasteiger partial charge in [0.25, 0.3) is 0 Å². The molecule has 0 amide bonds. The lowest BCUT2D eigenvalue weighted by Crippen LogP contribution is -2.33. The first-order valence-corrected chi connectivity index (χ1v) is 9.19. The van der Waals surface area contributed by atoms with Crippen LogP contribution in [0.2, 0.25) is 0 Å². The standard InChI is InChI=1S/C17H21NO3S/c19-16-7-3-4-13(10-16)12-18-22(20,21)17-9-8-14-5-1-2-6-15(14)11-17/h1-2,5-6,8-9,11,13,16,18-19H,3-4,7,10,12H2/t13-,16+/m0/s1. The van der Waals surface area contributed by atoms with E-state index < -0.39 is 10.0 Å². The summed E-state index contributed by atoms with van der Waals surface area (Å²) in [6.45, 7) is 0.395. The Balaban J connectivity index is 1.73. The topological polar surface area (TPSA) is 66.4 Å². The van der Waals surface area contributed by atoms with E-state index in [-0.39, 0.29) is 12.0 Å². The van der Waals surface area contributed by atoms with E-state index in [4.69, 9.17) is 0 Å². The van der Waals surface area contributed by atoms with Gasteiger partial charge in [0.1, 0.15) is 0 Å². The zero-order valence-electron chi connectivity index (χ0n) is 12.4. The average molecular weight is 319 g/mol. The van der Waals surface area contributed by atoms with Gasteiger partial charge in [-0.15, -0.1) is 0 Å². The van der Waals surface area contributed by atoms with Crippen molar-refractivity contribution in [2.45, 2.75) is 36.7 Å². The van der Waals surface area contributed by atoms with E-state index in [0.29, 0.717) is 17.9 Å². The van der Waals surface area contributed by atoms with Gasteiger partial charge < -0.3 is 5.11 Å². The molecule has 0 spiro atoms. The molecule has 0 heterocycles. The van der Waals surface area contributed by atoms with E-state index in [2.05, 4.69) is 4.72 Å². The van der Waals surface area contributed by atoms with Crippen molar-refractivity contribution in [3.8, 4) is 0 Å². The first kappa shape index (κ1) is 15.5. The largest absolute Gasteiger partial charge is 0.393 e. The van der Waals surface area contributed by atoms with Crippen LogP contribution in [0, 0.1) is 5.92 Å². The molecule has 0 aliphatic heterocycles. The molecule has 3 rings (SSSR count). The molecule has 0 aromatic heterocycles. The maximum Gasteiger partial charge on any atom is 0.240 e. The molecular formula is C17H21NO3S. The van der Waals surface area contributed by atoms with E-state index in [1.165, 1.54) is 0 Å². The maximum absolute atomic E-state index is 12.4. The first-order valence-electron chi connectivity index (χ1n) is 7.71. The van der Waals surface area contributed by atoms with Gasteiger partial charge in [0, 0.05) is 6.54 Å². The van der Waals surface area contributed by atoms with Gasteiger partial charge in [-0.05, 0) is 48.1 Å². The van der Waals surface area contributed by atoms with Gasteiger partial charge in [0.2, 0.25) is 10.0 Å². The zero-order chi connectivity index (χ0) is 15.6. The molecule has 2 atom stereocenters. The van der Waals surface area contributed by atoms with E-state index >= 15 is 0 Å². The number of hydrogen-bond donors (Lipinski definition) is 2. The highest BCUT2D eigenvalue weighted by Gasteiger charge is 2.22. The number of nitrogens with one attached hydrogen (secondary N) is 1. The highest BCUT2D eigenvalue weighted by Crippen LogP contribution is 2.24. The van der Waals surface area contributed by atoms with Crippen LogP contribution in [0.4, 0.5) is 0 Å². The van der Waals surface area contributed by atoms with Gasteiger partial charge in [-0.25, -0.2) is 13.1 Å². The van der Waals surface area contributed by atoms with Gasteiger partial charge in [0.05, 0.1) is 11.0 Å². The number of sulfonamides is 1. The van der Waals surface area contributed by atoms with Crippen molar-refractivity contribution in [2.75, 3.05) is 6.54 Å². The monoisotopic (exact) mass is 319 g/mol. The summed E-state index contributed by atoms with van der Waals surface area (Å²) in [5.74, 6) is 0.221. The van der Waals surface area contributed by atoms with Crippen LogP contribution in [-0.4, -0.2) is 26.2 Å². The normalized spacial score (nSPS) is 22.8. The van der Waals surface area contributed by atoms with Crippen LogP contribution in [0.25, 0.3) is 10.8 Å². The molecule has 5 heteroatoms. The second-order valence-electron chi connectivity index (χ2n) is 6.05. The highest BCUT2D eigenvalue weighted by atomic mass is 32.2. The minimum atomic E-state index is -3.50. The van der Waals surface area contributed by atoms with E-state index in [1.54, 1.807) is 12.1 Å². The molecular weight excluding hydrogens is 298 g/mol. The number of fused-ring (bicyclic) bond motifs is 1. The van der Waals surface area contributed by atoms with Gasteiger partial charge >= 0.3 is 0 Å². The van der Waals surface area contributed by atoms with Crippen LogP contribution in [0.1, 0.15) is 25.7 Å². The Bertz CT molecular complexity index is 757. The fourth-order valence-electron chi connectivity index (χ4n) is 3.09. The Kier molecular flexibility index (Phi) is 4.47. The van der Waals surface area contributed by atoms with Crippen LogP contribution >= 0.6 is 0 Å². The Hall–Kier alpha value is -1.43. The van der Waals surface area contributed by atoms with Crippen molar-refractivity contribution in [1.29, 1.82) is 0 Å². The summed E-state index contributed by atoms with van der Waals surface area (Å²) in [5.41, 5.74) is 0. The minimum Gasteiger partial charge on any atom is -0.393 e. The number of benzene rings is 2. The third-order valence-electron chi connectivity index (χ3n) is 4.35. The van der Waals surface area contributed by atoms with Crippen LogP contribution < -0.4 is 4.72 Å². The fourth-order valence-corrected chi connectivity index (χ4v) is 4.24. The Morgan fingerprint density at radius 1 is 1.09 bits per heavy atom. The molecule has 1 aliphatic rings. The minimum absolute atomic E-state index is 0.221. The third-order valence-corrected chi connectivity index (χ3v) is 5.77. The second kappa shape index (κ2) is 6.36. The quantitative estimate of drug-likeness (QED) is 0.910. The summed E-state index contributed by atoms with van der Waals surface area (Å²) < 4.78 is 27.5. The molecule has 0 bridgehead atoms. The molecule has 1 aliphatic carbocycles. The van der Waals surface area contributed by atoms with Crippen LogP contribution in [0.5, 0.6) is 0 Å². The molecule has 1 fully saturated rings. The van der Waals surface area contributed by atoms with Gasteiger partial charge in [-0.1, -0.05) is 36.8 Å². The lowest BCUT2D eigenvalue weighted by Gasteiger charge is -2.25. The van der Waals surface area contributed by atoms with Gasteiger partial charge in [-0.3, -0.25) is 0 Å². The number of aliphatic hydroxyl groups is 1. The molecule has 0 saturated heterocycles. The molecule has 2 aromatic carbocycles. The Labute approximate surface area is 131 Å². The Morgan fingerprint density at radius 3 is 2.64 bits per heavy atom. The van der Waals surface area contributed by atoms with E-state index in [0.717, 1.165) is 30.0 Å². The SMILES string of the molecule is O=S(=O)(NC[C@H]1CCC[C@@H](O)C1)c1ccc2ccccc2c1. The number of hydrogen-bond acceptors (Lipinski definition) is 3. The molecule has 0 unspecified atom stereocenters. The van der Waals surface area contributed by atoms with Crippen molar-refractivity contribution >= 4 is 20.8 Å². The predicted molar refractivity (Wildman–Crippen MR) is 87.1 cm³/mol. The fraction of sp³-hybridized carbons (Fsp3) is 0.412. The molecule has 0 radical (unpaired) electrons. The van der Waals surface area contributed by atoms with Crippen LogP contribution in [0.3, 0.4) is 0 Å². The lowest BCUT2D eigenvalue weighted by atomic mass is 9.87. The molecule has 1 saturated carbocycles. The summed E-state index contributed by atoms with van der Waals surface area (Å²) in [6.07, 6.45) is 3.15. The van der Waals surface area contributed by atoms with Crippen LogP contribution in [-0.2, 0) is 10.0 Å². The van der Waals surface area contributed by atoms with E-state index in [1.807, 2.05) is 30.3 Å². The highest BCUT2D eigenvalue weighted by molar-refractivity contribution is 7.89. The summed E-state index contributed by atoms with van der Waals surface area (Å²) in [6, 6.07) is 12.9. The number of rotatable bonds is 4. The second-order valence-corrected chi connectivity index (χ2v) is 7.81. The molecule has 118 valence electrons. The summed E-state index contributed by atoms with van der Waals surface area (Å²) >= 11 is 0. The lowest BCUT2D eigenvalue weighted by molar-refractivity contribution is 0.102. The van der Waals surface area contributed by atoms with Crippen molar-refractivity contribution in [2.24, 2.45) is 5.92 Å². The van der Waals surface area contributed by atoms with E-state index in [9.17, 15) is 13.5 Å². The van der Waals surface area contributed by atoms with Gasteiger partial charge in [0.15, 0.2) is 0 Å². The smallest absolute Gasteiger partial charge is 0.240 e. The zero-order valence-corrected chi connectivity index (χ0v) is 13.2. The summed E-state index contributed by atoms with van der Waals surface area (Å²) in [4.78, 5) is 0.294. The van der Waals surface area contributed by atoms with Crippen LogP contribution in [0.15, 0.2) is 47.4 Å². The first-order chi connectivity index (χ1) is 10.5. The maximum atomic E-state index is 12.4. The van der Waals surface area contributed by atoms with Crippen molar-refractivity contribution in [3.05, 3.63) is 42.5 Å². The summed E-state index contributed by atoms with van der Waals surface area (Å²) in [5, 5.41) is 11.6. The number of aliphatic hydroxyl groups excluding tert-OH is 1. The van der Waals surface area contributed by atoms with Crippen molar-refractivity contribution < 1.29 is 13.5 Å². The van der Waals surface area contributed by atoms with Crippen molar-refractivity contribution in [1.82, 2.24) is 4.72 Å². The third kappa shape index (κ3) is 3.48. The average Bonchev–Trinajstić information content (AvgIpc) is 2.53. The summed E-state index contributed by atoms with van der Waals surface area (Å²) in [7, 11) is -3.50. The molecule has 2 N–H and O–H groups in total. The molecule has 2 aromatic rings. The van der Waals surface area contributed by atoms with Crippen molar-refractivity contribution in [3.63, 3.8) is 0 Å². The molecule has 4 nitrogen and oxygen atoms in total.